The third-order valence-corrected chi connectivity index (χ3v) is 5.26. The van der Waals surface area contributed by atoms with Gasteiger partial charge in [0.15, 0.2) is 17.9 Å². The van der Waals surface area contributed by atoms with Crippen LogP contribution in [-0.2, 0) is 22.7 Å². The lowest BCUT2D eigenvalue weighted by atomic mass is 10.1. The van der Waals surface area contributed by atoms with E-state index in [4.69, 9.17) is 10.5 Å². The number of esters is 1. The molecule has 5 aromatic rings. The number of rotatable bonds is 6. The molecule has 0 aliphatic heterocycles. The van der Waals surface area contributed by atoms with Gasteiger partial charge in [0.05, 0.1) is 11.0 Å². The van der Waals surface area contributed by atoms with Gasteiger partial charge in [0.1, 0.15) is 6.54 Å². The number of fused-ring (bicyclic) bond motifs is 2. The molecule has 5 rings (SSSR count). The molecule has 0 aliphatic carbocycles. The minimum Gasteiger partial charge on any atom is -0.456 e. The Hall–Kier alpha value is -4.79. The summed E-state index contributed by atoms with van der Waals surface area (Å²) in [6.45, 7) is -0.262. The lowest BCUT2D eigenvalue weighted by Crippen LogP contribution is -2.18. The molecule has 34 heavy (non-hydrogen) atoms. The Morgan fingerprint density at radius 3 is 2.15 bits per heavy atom. The predicted octanol–water partition coefficient (Wildman–Crippen LogP) is 3.41. The normalized spacial score (nSPS) is 10.9. The smallest absolute Gasteiger partial charge is 0.326 e. The van der Waals surface area contributed by atoms with Crippen LogP contribution in [0.4, 0.5) is 17.6 Å². The maximum Gasteiger partial charge on any atom is 0.326 e. The van der Waals surface area contributed by atoms with Crippen molar-refractivity contribution in [3.05, 3.63) is 94.9 Å². The molecule has 0 saturated heterocycles. The zero-order valence-corrected chi connectivity index (χ0v) is 18.0. The number of carbonyl (C=O) groups is 1. The average Bonchev–Trinajstić information content (AvgIpc) is 2.86. The van der Waals surface area contributed by atoms with Crippen LogP contribution in [0.3, 0.4) is 0 Å². The van der Waals surface area contributed by atoms with E-state index < -0.39 is 5.97 Å². The number of aromatic nitrogens is 4. The number of ether oxygens (including phenoxy) is 1. The molecule has 3 aromatic carbocycles. The van der Waals surface area contributed by atoms with Crippen LogP contribution >= 0.6 is 0 Å². The lowest BCUT2D eigenvalue weighted by Gasteiger charge is -2.14. The maximum atomic E-state index is 12.9. The van der Waals surface area contributed by atoms with Crippen molar-refractivity contribution in [2.24, 2.45) is 0 Å². The van der Waals surface area contributed by atoms with E-state index in [1.165, 1.54) is 0 Å². The van der Waals surface area contributed by atoms with Crippen LogP contribution in [0.2, 0.25) is 0 Å². The van der Waals surface area contributed by atoms with E-state index in [-0.39, 0.29) is 36.3 Å². The largest absolute Gasteiger partial charge is 0.456 e. The van der Waals surface area contributed by atoms with Gasteiger partial charge >= 0.3 is 5.97 Å². The Bertz CT molecular complexity index is 1510. The highest BCUT2D eigenvalue weighted by Crippen LogP contribution is 2.19. The summed E-state index contributed by atoms with van der Waals surface area (Å²) in [5.74, 6) is -0.0246. The van der Waals surface area contributed by atoms with Crippen molar-refractivity contribution < 1.29 is 9.53 Å². The van der Waals surface area contributed by atoms with Gasteiger partial charge in [-0.25, -0.2) is 0 Å². The van der Waals surface area contributed by atoms with Crippen LogP contribution in [0.15, 0.2) is 83.7 Å². The highest BCUT2D eigenvalue weighted by atomic mass is 16.5. The van der Waals surface area contributed by atoms with Crippen LogP contribution in [0.5, 0.6) is 0 Å². The Kier molecular flexibility index (Phi) is 5.57. The molecule has 9 nitrogen and oxygen atoms in total. The number of nitrogens with one attached hydrogen (secondary N) is 1. The van der Waals surface area contributed by atoms with Crippen LogP contribution in [0, 0.1) is 0 Å². The number of hydrogen-bond acceptors (Lipinski definition) is 8. The van der Waals surface area contributed by atoms with Crippen molar-refractivity contribution in [2.75, 3.05) is 11.1 Å². The SMILES string of the molecule is Nc1nc(COC(=O)Cn2c3ccccc3c(=O)c3ccccc32)nc(Nc2ccccc2)n1. The molecule has 0 amide bonds. The Labute approximate surface area is 193 Å². The van der Waals surface area contributed by atoms with Crippen LogP contribution in [-0.4, -0.2) is 25.5 Å². The molecule has 0 fully saturated rings. The molecule has 3 N–H and O–H groups in total. The summed E-state index contributed by atoms with van der Waals surface area (Å²) in [5.41, 5.74) is 7.83. The van der Waals surface area contributed by atoms with Gasteiger partial charge in [-0.05, 0) is 36.4 Å². The van der Waals surface area contributed by atoms with E-state index in [9.17, 15) is 9.59 Å². The summed E-state index contributed by atoms with van der Waals surface area (Å²) in [4.78, 5) is 38.0. The number of nitrogens with two attached hydrogens (primary N) is 1. The van der Waals surface area contributed by atoms with Gasteiger partial charge < -0.3 is 20.4 Å². The number of carbonyl (C=O) groups excluding carboxylic acids is 1. The quantitative estimate of drug-likeness (QED) is 0.297. The fourth-order valence-corrected chi connectivity index (χ4v) is 3.78. The van der Waals surface area contributed by atoms with Crippen LogP contribution in [0.1, 0.15) is 5.82 Å². The summed E-state index contributed by atoms with van der Waals surface area (Å²) < 4.78 is 7.22. The Morgan fingerprint density at radius 1 is 0.853 bits per heavy atom. The van der Waals surface area contributed by atoms with Crippen molar-refractivity contribution in [1.29, 1.82) is 0 Å². The fourth-order valence-electron chi connectivity index (χ4n) is 3.78. The zero-order valence-electron chi connectivity index (χ0n) is 18.0. The first-order valence-electron chi connectivity index (χ1n) is 10.6. The third kappa shape index (κ3) is 4.26. The first-order valence-corrected chi connectivity index (χ1v) is 10.6. The second-order valence-electron chi connectivity index (χ2n) is 7.53. The van der Waals surface area contributed by atoms with Crippen molar-refractivity contribution in [3.63, 3.8) is 0 Å². The van der Waals surface area contributed by atoms with Gasteiger partial charge in [0.25, 0.3) is 0 Å². The topological polar surface area (TPSA) is 125 Å². The van der Waals surface area contributed by atoms with Gasteiger partial charge in [0.2, 0.25) is 11.9 Å². The average molecular weight is 452 g/mol. The number of nitrogen functional groups attached to an aromatic ring is 1. The minimum atomic E-state index is -0.504. The van der Waals surface area contributed by atoms with E-state index in [0.717, 1.165) is 5.69 Å². The summed E-state index contributed by atoms with van der Waals surface area (Å²) in [5, 5.41) is 4.12. The van der Waals surface area contributed by atoms with Crippen molar-refractivity contribution in [2.45, 2.75) is 13.2 Å². The Morgan fingerprint density at radius 2 is 1.47 bits per heavy atom. The van der Waals surface area contributed by atoms with Crippen LogP contribution < -0.4 is 16.5 Å². The molecule has 0 spiro atoms. The summed E-state index contributed by atoms with van der Waals surface area (Å²) >= 11 is 0. The second-order valence-corrected chi connectivity index (χ2v) is 7.53. The van der Waals surface area contributed by atoms with Crippen LogP contribution in [0.25, 0.3) is 21.8 Å². The number of pyridine rings is 1. The number of benzene rings is 3. The highest BCUT2D eigenvalue weighted by molar-refractivity contribution is 5.94. The molecule has 0 aliphatic rings. The molecular weight excluding hydrogens is 432 g/mol. The van der Waals surface area contributed by atoms with E-state index in [1.54, 1.807) is 28.8 Å². The summed E-state index contributed by atoms with van der Waals surface area (Å²) in [6, 6.07) is 23.7. The fraction of sp³-hybridized carbons (Fsp3) is 0.0800. The number of para-hydroxylation sites is 3. The van der Waals surface area contributed by atoms with E-state index >= 15 is 0 Å². The van der Waals surface area contributed by atoms with Crippen molar-refractivity contribution >= 4 is 45.4 Å². The molecule has 0 atom stereocenters. The molecule has 0 bridgehead atoms. The number of nitrogens with zero attached hydrogens (tertiary/aromatic N) is 4. The monoisotopic (exact) mass is 452 g/mol. The van der Waals surface area contributed by atoms with Crippen molar-refractivity contribution in [1.82, 2.24) is 19.5 Å². The molecule has 0 unspecified atom stereocenters. The molecular formula is C25H20N6O3. The van der Waals surface area contributed by atoms with Crippen molar-refractivity contribution in [3.8, 4) is 0 Å². The van der Waals surface area contributed by atoms with Gasteiger partial charge in [-0.2, -0.15) is 15.0 Å². The second kappa shape index (κ2) is 8.99. The molecule has 0 radical (unpaired) electrons. The van der Waals surface area contributed by atoms with Gasteiger partial charge in [-0.3, -0.25) is 9.59 Å². The first-order chi connectivity index (χ1) is 16.6. The molecule has 9 heteroatoms. The molecule has 2 heterocycles. The van der Waals surface area contributed by atoms with E-state index in [2.05, 4.69) is 20.3 Å². The molecule has 168 valence electrons. The zero-order chi connectivity index (χ0) is 23.5. The van der Waals surface area contributed by atoms with E-state index in [1.807, 2.05) is 54.6 Å². The summed E-state index contributed by atoms with van der Waals surface area (Å²) in [7, 11) is 0. The number of anilines is 3. The number of hydrogen-bond donors (Lipinski definition) is 2. The third-order valence-electron chi connectivity index (χ3n) is 5.26. The standard InChI is InChI=1S/C25H20N6O3/c26-24-28-21(29-25(30-24)27-16-8-2-1-3-9-16)15-34-22(32)14-31-19-12-6-4-10-17(19)23(33)18-11-5-7-13-20(18)31/h1-13H,14-15H2,(H3,26,27,28,29,30). The van der Waals surface area contributed by atoms with Gasteiger partial charge in [-0.15, -0.1) is 0 Å². The highest BCUT2D eigenvalue weighted by Gasteiger charge is 2.14. The minimum absolute atomic E-state index is 0.0110. The van der Waals surface area contributed by atoms with Gasteiger partial charge in [0, 0.05) is 16.5 Å². The Balaban J connectivity index is 1.37. The molecule has 0 saturated carbocycles. The maximum absolute atomic E-state index is 12.9. The van der Waals surface area contributed by atoms with Gasteiger partial charge in [-0.1, -0.05) is 42.5 Å². The first kappa shape index (κ1) is 21.1. The summed E-state index contributed by atoms with van der Waals surface area (Å²) in [6.07, 6.45) is 0. The molecule has 2 aromatic heterocycles. The van der Waals surface area contributed by atoms with E-state index in [0.29, 0.717) is 21.8 Å². The lowest BCUT2D eigenvalue weighted by molar-refractivity contribution is -0.145. The predicted molar refractivity (Wildman–Crippen MR) is 129 cm³/mol.